The van der Waals surface area contributed by atoms with Crippen molar-refractivity contribution in [3.8, 4) is 11.5 Å². The van der Waals surface area contributed by atoms with Crippen LogP contribution in [-0.2, 0) is 0 Å². The Balaban J connectivity index is 2.27. The van der Waals surface area contributed by atoms with E-state index < -0.39 is 0 Å². The predicted molar refractivity (Wildman–Crippen MR) is 72.1 cm³/mol. The monoisotopic (exact) mass is 251 g/mol. The van der Waals surface area contributed by atoms with E-state index in [1.54, 1.807) is 14.2 Å². The maximum Gasteiger partial charge on any atom is 0.132 e. The number of ether oxygens (including phenoxy) is 2. The fourth-order valence-corrected chi connectivity index (χ4v) is 2.42. The Hall–Kier alpha value is -1.29. The normalized spacial score (nSPS) is 14.8. The maximum absolute atomic E-state index is 5.52. The van der Waals surface area contributed by atoms with Crippen molar-refractivity contribution in [1.82, 2.24) is 4.90 Å². The zero-order valence-corrected chi connectivity index (χ0v) is 11.0. The average molecular weight is 251 g/mol. The van der Waals surface area contributed by atoms with E-state index in [-0.39, 0.29) is 0 Å². The largest absolute Gasteiger partial charge is 0.497 e. The van der Waals surface area contributed by atoms with Crippen molar-refractivity contribution >= 4 is 17.2 Å². The zero-order chi connectivity index (χ0) is 12.3. The number of hydrogen-bond acceptors (Lipinski definition) is 3. The summed E-state index contributed by atoms with van der Waals surface area (Å²) >= 11 is 5.52. The molecule has 0 bridgehead atoms. The molecule has 1 saturated heterocycles. The number of hydrogen-bond donors (Lipinski definition) is 0. The summed E-state index contributed by atoms with van der Waals surface area (Å²) in [7, 11) is 3.30. The quantitative estimate of drug-likeness (QED) is 0.769. The summed E-state index contributed by atoms with van der Waals surface area (Å²) < 4.78 is 10.6. The second-order valence-electron chi connectivity index (χ2n) is 4.07. The molecule has 0 unspecified atom stereocenters. The van der Waals surface area contributed by atoms with E-state index in [0.717, 1.165) is 35.1 Å². The van der Waals surface area contributed by atoms with Crippen LogP contribution in [0, 0.1) is 0 Å². The lowest BCUT2D eigenvalue weighted by Crippen LogP contribution is -2.27. The van der Waals surface area contributed by atoms with E-state index in [4.69, 9.17) is 21.7 Å². The summed E-state index contributed by atoms with van der Waals surface area (Å²) in [4.78, 5) is 3.11. The summed E-state index contributed by atoms with van der Waals surface area (Å²) in [6.07, 6.45) is 2.44. The first kappa shape index (κ1) is 12.2. The topological polar surface area (TPSA) is 21.7 Å². The second-order valence-corrected chi connectivity index (χ2v) is 4.45. The van der Waals surface area contributed by atoms with Crippen molar-refractivity contribution in [2.45, 2.75) is 12.8 Å². The van der Waals surface area contributed by atoms with Crippen LogP contribution in [0.15, 0.2) is 18.2 Å². The smallest absolute Gasteiger partial charge is 0.132 e. The Morgan fingerprint density at radius 1 is 1.18 bits per heavy atom. The Kier molecular flexibility index (Phi) is 3.84. The van der Waals surface area contributed by atoms with Gasteiger partial charge in [-0.2, -0.15) is 0 Å². The van der Waals surface area contributed by atoms with Crippen molar-refractivity contribution in [3.63, 3.8) is 0 Å². The van der Waals surface area contributed by atoms with E-state index in [1.165, 1.54) is 12.8 Å². The highest BCUT2D eigenvalue weighted by Crippen LogP contribution is 2.27. The van der Waals surface area contributed by atoms with Gasteiger partial charge >= 0.3 is 0 Å². The number of likely N-dealkylation sites (tertiary alicyclic amines) is 1. The highest BCUT2D eigenvalue weighted by molar-refractivity contribution is 7.80. The van der Waals surface area contributed by atoms with Crippen molar-refractivity contribution < 1.29 is 9.47 Å². The first-order chi connectivity index (χ1) is 8.26. The van der Waals surface area contributed by atoms with Crippen LogP contribution in [0.3, 0.4) is 0 Å². The molecular weight excluding hydrogens is 234 g/mol. The molecule has 3 nitrogen and oxygen atoms in total. The first-order valence-corrected chi connectivity index (χ1v) is 6.18. The van der Waals surface area contributed by atoms with Gasteiger partial charge in [0.2, 0.25) is 0 Å². The molecule has 0 saturated carbocycles. The molecule has 0 aromatic heterocycles. The van der Waals surface area contributed by atoms with Gasteiger partial charge in [-0.1, -0.05) is 12.2 Å². The fraction of sp³-hybridized carbons (Fsp3) is 0.462. The molecular formula is C13H17NO2S. The maximum atomic E-state index is 5.52. The number of thiocarbonyl (C=S) groups is 1. The van der Waals surface area contributed by atoms with Gasteiger partial charge in [0, 0.05) is 19.2 Å². The third kappa shape index (κ3) is 2.52. The third-order valence-corrected chi connectivity index (χ3v) is 3.51. The summed E-state index contributed by atoms with van der Waals surface area (Å²) in [6.45, 7) is 2.10. The molecule has 4 heteroatoms. The lowest BCUT2D eigenvalue weighted by Gasteiger charge is -2.20. The van der Waals surface area contributed by atoms with Gasteiger partial charge in [-0.3, -0.25) is 0 Å². The van der Waals surface area contributed by atoms with Crippen molar-refractivity contribution in [1.29, 1.82) is 0 Å². The van der Waals surface area contributed by atoms with Crippen LogP contribution < -0.4 is 9.47 Å². The fourth-order valence-electron chi connectivity index (χ4n) is 2.07. The molecule has 0 aliphatic carbocycles. The van der Waals surface area contributed by atoms with E-state index >= 15 is 0 Å². The molecule has 0 amide bonds. The minimum atomic E-state index is 0.779. The van der Waals surface area contributed by atoms with Gasteiger partial charge in [-0.25, -0.2) is 0 Å². The van der Waals surface area contributed by atoms with Crippen LogP contribution in [0.25, 0.3) is 0 Å². The molecule has 0 N–H and O–H groups in total. The van der Waals surface area contributed by atoms with Crippen LogP contribution in [0.4, 0.5) is 0 Å². The van der Waals surface area contributed by atoms with Crippen LogP contribution in [0.2, 0.25) is 0 Å². The molecule has 92 valence electrons. The number of rotatable bonds is 3. The first-order valence-electron chi connectivity index (χ1n) is 5.77. The van der Waals surface area contributed by atoms with Crippen LogP contribution in [-0.4, -0.2) is 37.2 Å². The molecule has 1 aromatic carbocycles. The predicted octanol–water partition coefficient (Wildman–Crippen LogP) is 2.48. The highest BCUT2D eigenvalue weighted by atomic mass is 32.1. The van der Waals surface area contributed by atoms with Crippen molar-refractivity contribution in [2.75, 3.05) is 27.3 Å². The molecule has 0 spiro atoms. The van der Waals surface area contributed by atoms with Gasteiger partial charge in [-0.15, -0.1) is 0 Å². The SMILES string of the molecule is COc1ccc(C(=S)N2CCCC2)c(OC)c1. The molecule has 1 heterocycles. The van der Waals surface area contributed by atoms with E-state index in [9.17, 15) is 0 Å². The van der Waals surface area contributed by atoms with Crippen LogP contribution in [0.1, 0.15) is 18.4 Å². The minimum Gasteiger partial charge on any atom is -0.497 e. The molecule has 0 atom stereocenters. The summed E-state index contributed by atoms with van der Waals surface area (Å²) in [6, 6.07) is 5.76. The standard InChI is InChI=1S/C13H17NO2S/c1-15-10-5-6-11(12(9-10)16-2)13(17)14-7-3-4-8-14/h5-6,9H,3-4,7-8H2,1-2H3. The zero-order valence-electron chi connectivity index (χ0n) is 10.2. The third-order valence-electron chi connectivity index (χ3n) is 3.03. The molecule has 1 aliphatic rings. The Bertz CT molecular complexity index is 414. The van der Waals surface area contributed by atoms with Crippen LogP contribution >= 0.6 is 12.2 Å². The van der Waals surface area contributed by atoms with Gasteiger partial charge in [0.15, 0.2) is 0 Å². The van der Waals surface area contributed by atoms with E-state index in [0.29, 0.717) is 0 Å². The average Bonchev–Trinajstić information content (AvgIpc) is 2.91. The van der Waals surface area contributed by atoms with Crippen LogP contribution in [0.5, 0.6) is 11.5 Å². The molecule has 1 fully saturated rings. The molecule has 1 aromatic rings. The van der Waals surface area contributed by atoms with Gasteiger partial charge < -0.3 is 14.4 Å². The summed E-state index contributed by atoms with van der Waals surface area (Å²) in [5.74, 6) is 1.57. The second kappa shape index (κ2) is 5.36. The minimum absolute atomic E-state index is 0.779. The van der Waals surface area contributed by atoms with Crippen molar-refractivity contribution in [3.05, 3.63) is 23.8 Å². The summed E-state index contributed by atoms with van der Waals surface area (Å²) in [5, 5.41) is 0. The highest BCUT2D eigenvalue weighted by Gasteiger charge is 2.19. The van der Waals surface area contributed by atoms with Gasteiger partial charge in [-0.05, 0) is 25.0 Å². The Morgan fingerprint density at radius 3 is 2.47 bits per heavy atom. The molecule has 1 aliphatic heterocycles. The van der Waals surface area contributed by atoms with E-state index in [1.807, 2.05) is 18.2 Å². The Labute approximate surface area is 107 Å². The lowest BCUT2D eigenvalue weighted by molar-refractivity contribution is 0.393. The van der Waals surface area contributed by atoms with Crippen molar-refractivity contribution in [2.24, 2.45) is 0 Å². The number of methoxy groups -OCH3 is 2. The number of benzene rings is 1. The number of nitrogens with zero attached hydrogens (tertiary/aromatic N) is 1. The lowest BCUT2D eigenvalue weighted by atomic mass is 10.1. The van der Waals surface area contributed by atoms with Gasteiger partial charge in [0.05, 0.1) is 19.8 Å². The molecule has 17 heavy (non-hydrogen) atoms. The molecule has 0 radical (unpaired) electrons. The molecule has 2 rings (SSSR count). The summed E-state index contributed by atoms with van der Waals surface area (Å²) in [5.41, 5.74) is 0.977. The van der Waals surface area contributed by atoms with Gasteiger partial charge in [0.25, 0.3) is 0 Å². The van der Waals surface area contributed by atoms with E-state index in [2.05, 4.69) is 4.90 Å². The Morgan fingerprint density at radius 2 is 1.88 bits per heavy atom. The van der Waals surface area contributed by atoms with Gasteiger partial charge in [0.1, 0.15) is 16.5 Å².